The van der Waals surface area contributed by atoms with Crippen LogP contribution in [0.1, 0.15) is 48.0 Å². The number of carbonyl (C=O) groups is 1. The van der Waals surface area contributed by atoms with E-state index in [0.29, 0.717) is 11.6 Å². The summed E-state index contributed by atoms with van der Waals surface area (Å²) in [5.74, 6) is -0.0312. The number of amides is 1. The number of aromatic nitrogens is 3. The minimum atomic E-state index is -0.0312. The Morgan fingerprint density at radius 2 is 1.81 bits per heavy atom. The molecule has 0 aliphatic heterocycles. The molecular weight excluding hydrogens is 336 g/mol. The summed E-state index contributed by atoms with van der Waals surface area (Å²) < 4.78 is 1.83. The summed E-state index contributed by atoms with van der Waals surface area (Å²) in [5, 5.41) is 7.55. The van der Waals surface area contributed by atoms with Crippen LogP contribution in [0.3, 0.4) is 0 Å². The summed E-state index contributed by atoms with van der Waals surface area (Å²) in [7, 11) is 0. The summed E-state index contributed by atoms with van der Waals surface area (Å²) >= 11 is 0. The monoisotopic (exact) mass is 360 g/mol. The molecule has 138 valence electrons. The van der Waals surface area contributed by atoms with Crippen molar-refractivity contribution in [1.29, 1.82) is 0 Å². The maximum Gasteiger partial charge on any atom is 0.253 e. The molecule has 0 radical (unpaired) electrons. The fourth-order valence-electron chi connectivity index (χ4n) is 3.51. The lowest BCUT2D eigenvalue weighted by Crippen LogP contribution is -2.36. The second kappa shape index (κ2) is 7.74. The molecule has 1 aliphatic carbocycles. The van der Waals surface area contributed by atoms with Gasteiger partial charge in [0, 0.05) is 24.0 Å². The molecule has 5 nitrogen and oxygen atoms in total. The standard InChI is InChI=1S/C22H24N4O/c1-16-7-10-20(11-8-16)26-15-18(14-24-26)21-12-9-17(13-23-21)22(27)25-19-5-3-2-4-6-19/h7-15,19H,2-6H2,1H3,(H,25,27). The lowest BCUT2D eigenvalue weighted by molar-refractivity contribution is 0.0927. The lowest BCUT2D eigenvalue weighted by atomic mass is 9.95. The van der Waals surface area contributed by atoms with Crippen LogP contribution < -0.4 is 5.32 Å². The predicted molar refractivity (Wildman–Crippen MR) is 106 cm³/mol. The largest absolute Gasteiger partial charge is 0.349 e. The van der Waals surface area contributed by atoms with E-state index in [1.54, 1.807) is 12.4 Å². The van der Waals surface area contributed by atoms with Gasteiger partial charge in [-0.05, 0) is 44.0 Å². The number of nitrogens with zero attached hydrogens (tertiary/aromatic N) is 3. The Bertz CT molecular complexity index is 906. The Kier molecular flexibility index (Phi) is 5.01. The molecule has 4 rings (SSSR count). The van der Waals surface area contributed by atoms with E-state index >= 15 is 0 Å². The van der Waals surface area contributed by atoms with Crippen LogP contribution in [-0.2, 0) is 0 Å². The minimum Gasteiger partial charge on any atom is -0.349 e. The Balaban J connectivity index is 1.46. The van der Waals surface area contributed by atoms with E-state index in [0.717, 1.165) is 29.8 Å². The lowest BCUT2D eigenvalue weighted by Gasteiger charge is -2.22. The van der Waals surface area contributed by atoms with Gasteiger partial charge in [-0.3, -0.25) is 9.78 Å². The van der Waals surface area contributed by atoms with E-state index in [1.807, 2.05) is 35.1 Å². The molecule has 0 bridgehead atoms. The number of hydrogen-bond acceptors (Lipinski definition) is 3. The molecule has 1 fully saturated rings. The molecule has 1 aromatic carbocycles. The molecule has 0 atom stereocenters. The average Bonchev–Trinajstić information content (AvgIpc) is 3.20. The molecule has 0 unspecified atom stereocenters. The van der Waals surface area contributed by atoms with E-state index < -0.39 is 0 Å². The first kappa shape index (κ1) is 17.5. The zero-order chi connectivity index (χ0) is 18.6. The van der Waals surface area contributed by atoms with Crippen LogP contribution >= 0.6 is 0 Å². The molecule has 0 spiro atoms. The van der Waals surface area contributed by atoms with Crippen LogP contribution in [0.25, 0.3) is 16.9 Å². The topological polar surface area (TPSA) is 59.8 Å². The van der Waals surface area contributed by atoms with Gasteiger partial charge in [0.25, 0.3) is 5.91 Å². The Morgan fingerprint density at radius 3 is 2.52 bits per heavy atom. The quantitative estimate of drug-likeness (QED) is 0.754. The molecule has 0 saturated heterocycles. The third kappa shape index (κ3) is 4.08. The van der Waals surface area contributed by atoms with Crippen molar-refractivity contribution in [1.82, 2.24) is 20.1 Å². The van der Waals surface area contributed by atoms with Crippen LogP contribution in [0.5, 0.6) is 0 Å². The zero-order valence-corrected chi connectivity index (χ0v) is 15.6. The minimum absolute atomic E-state index is 0.0312. The van der Waals surface area contributed by atoms with Crippen molar-refractivity contribution in [3.63, 3.8) is 0 Å². The molecule has 1 aliphatic rings. The van der Waals surface area contributed by atoms with Crippen LogP contribution in [-0.4, -0.2) is 26.7 Å². The van der Waals surface area contributed by atoms with Crippen molar-refractivity contribution in [3.05, 3.63) is 66.1 Å². The van der Waals surface area contributed by atoms with Gasteiger partial charge in [0.1, 0.15) is 0 Å². The van der Waals surface area contributed by atoms with Crippen molar-refractivity contribution in [3.8, 4) is 16.9 Å². The number of rotatable bonds is 4. The van der Waals surface area contributed by atoms with Gasteiger partial charge in [-0.25, -0.2) is 4.68 Å². The first-order chi connectivity index (χ1) is 13.2. The zero-order valence-electron chi connectivity index (χ0n) is 15.6. The molecule has 1 amide bonds. The van der Waals surface area contributed by atoms with Crippen LogP contribution in [0.2, 0.25) is 0 Å². The van der Waals surface area contributed by atoms with Gasteiger partial charge in [-0.1, -0.05) is 37.0 Å². The molecule has 2 aromatic heterocycles. The second-order valence-corrected chi connectivity index (χ2v) is 7.25. The van der Waals surface area contributed by atoms with Crippen LogP contribution in [0, 0.1) is 6.92 Å². The van der Waals surface area contributed by atoms with E-state index in [9.17, 15) is 4.79 Å². The molecule has 1 N–H and O–H groups in total. The fraction of sp³-hybridized carbons (Fsp3) is 0.318. The van der Waals surface area contributed by atoms with Gasteiger partial charge in [0.15, 0.2) is 0 Å². The highest BCUT2D eigenvalue weighted by Gasteiger charge is 2.17. The van der Waals surface area contributed by atoms with Crippen molar-refractivity contribution < 1.29 is 4.79 Å². The molecule has 27 heavy (non-hydrogen) atoms. The molecule has 5 heteroatoms. The molecule has 1 saturated carbocycles. The number of pyridine rings is 1. The van der Waals surface area contributed by atoms with Gasteiger partial charge in [0.05, 0.1) is 23.1 Å². The first-order valence-corrected chi connectivity index (χ1v) is 9.58. The van der Waals surface area contributed by atoms with Gasteiger partial charge >= 0.3 is 0 Å². The van der Waals surface area contributed by atoms with Crippen LogP contribution in [0.15, 0.2) is 55.0 Å². The van der Waals surface area contributed by atoms with E-state index in [-0.39, 0.29) is 5.91 Å². The van der Waals surface area contributed by atoms with Crippen LogP contribution in [0.4, 0.5) is 0 Å². The Labute approximate surface area is 159 Å². The summed E-state index contributed by atoms with van der Waals surface area (Å²) in [6.07, 6.45) is 11.2. The SMILES string of the molecule is Cc1ccc(-n2cc(-c3ccc(C(=O)NC4CCCCC4)cn3)cn2)cc1. The van der Waals surface area contributed by atoms with E-state index in [2.05, 4.69) is 34.5 Å². The van der Waals surface area contributed by atoms with Gasteiger partial charge in [-0.2, -0.15) is 5.10 Å². The highest BCUT2D eigenvalue weighted by atomic mass is 16.1. The third-order valence-corrected chi connectivity index (χ3v) is 5.14. The summed E-state index contributed by atoms with van der Waals surface area (Å²) in [6, 6.07) is 12.2. The third-order valence-electron chi connectivity index (χ3n) is 5.14. The number of aryl methyl sites for hydroxylation is 1. The number of carbonyl (C=O) groups excluding carboxylic acids is 1. The normalized spacial score (nSPS) is 14.9. The highest BCUT2D eigenvalue weighted by Crippen LogP contribution is 2.20. The van der Waals surface area contributed by atoms with Gasteiger partial charge in [-0.15, -0.1) is 0 Å². The average molecular weight is 360 g/mol. The summed E-state index contributed by atoms with van der Waals surface area (Å²) in [5.41, 5.74) is 4.57. The molecule has 3 aromatic rings. The maximum atomic E-state index is 12.4. The Hall–Kier alpha value is -2.95. The van der Waals surface area contributed by atoms with Crippen molar-refractivity contribution in [2.24, 2.45) is 0 Å². The van der Waals surface area contributed by atoms with Gasteiger partial charge in [0.2, 0.25) is 0 Å². The van der Waals surface area contributed by atoms with E-state index in [4.69, 9.17) is 0 Å². The summed E-state index contributed by atoms with van der Waals surface area (Å²) in [4.78, 5) is 16.9. The van der Waals surface area contributed by atoms with Crippen molar-refractivity contribution >= 4 is 5.91 Å². The molecular formula is C22H24N4O. The number of hydrogen-bond donors (Lipinski definition) is 1. The van der Waals surface area contributed by atoms with E-state index in [1.165, 1.54) is 24.8 Å². The number of benzene rings is 1. The van der Waals surface area contributed by atoms with Crippen molar-refractivity contribution in [2.75, 3.05) is 0 Å². The first-order valence-electron chi connectivity index (χ1n) is 9.58. The van der Waals surface area contributed by atoms with Crippen molar-refractivity contribution in [2.45, 2.75) is 45.1 Å². The maximum absolute atomic E-state index is 12.4. The highest BCUT2D eigenvalue weighted by molar-refractivity contribution is 5.94. The second-order valence-electron chi connectivity index (χ2n) is 7.25. The molecule has 2 heterocycles. The smallest absolute Gasteiger partial charge is 0.253 e. The van der Waals surface area contributed by atoms with Gasteiger partial charge < -0.3 is 5.32 Å². The summed E-state index contributed by atoms with van der Waals surface area (Å²) in [6.45, 7) is 2.06. The fourth-order valence-corrected chi connectivity index (χ4v) is 3.51. The number of nitrogens with one attached hydrogen (secondary N) is 1. The Morgan fingerprint density at radius 1 is 1.04 bits per heavy atom. The predicted octanol–water partition coefficient (Wildman–Crippen LogP) is 4.31.